The zero-order chi connectivity index (χ0) is 10.4. The van der Waals surface area contributed by atoms with Gasteiger partial charge in [-0.1, -0.05) is 18.2 Å². The van der Waals surface area contributed by atoms with Crippen LogP contribution in [0.5, 0.6) is 0 Å². The lowest BCUT2D eigenvalue weighted by molar-refractivity contribution is 0.727. The van der Waals surface area contributed by atoms with E-state index in [0.29, 0.717) is 0 Å². The normalized spacial score (nSPS) is 10.2. The average molecular weight is 192 g/mol. The van der Waals surface area contributed by atoms with Crippen LogP contribution in [0.4, 0.5) is 5.69 Å². The van der Waals surface area contributed by atoms with Gasteiger partial charge in [-0.3, -0.25) is 0 Å². The number of para-hydroxylation sites is 1. The van der Waals surface area contributed by atoms with Gasteiger partial charge in [0.1, 0.15) is 0 Å². The molecule has 14 heavy (non-hydrogen) atoms. The van der Waals surface area contributed by atoms with Gasteiger partial charge < -0.3 is 10.6 Å². The zero-order valence-electron chi connectivity index (χ0n) is 9.16. The summed E-state index contributed by atoms with van der Waals surface area (Å²) in [4.78, 5) is 2.30. The molecule has 0 aliphatic heterocycles. The number of anilines is 1. The third kappa shape index (κ3) is 3.04. The average Bonchev–Trinajstić information content (AvgIpc) is 2.18. The molecule has 0 spiro atoms. The summed E-state index contributed by atoms with van der Waals surface area (Å²) in [6.07, 6.45) is 2.28. The minimum Gasteiger partial charge on any atom is -0.374 e. The van der Waals surface area contributed by atoms with Crippen molar-refractivity contribution in [3.05, 3.63) is 29.8 Å². The summed E-state index contributed by atoms with van der Waals surface area (Å²) in [7, 11) is 2.14. The van der Waals surface area contributed by atoms with Crippen LogP contribution in [0, 0.1) is 6.92 Å². The van der Waals surface area contributed by atoms with Crippen LogP contribution in [-0.4, -0.2) is 20.1 Å². The Hall–Kier alpha value is -1.02. The van der Waals surface area contributed by atoms with E-state index in [1.165, 1.54) is 17.7 Å². The molecule has 0 unspecified atom stereocenters. The van der Waals surface area contributed by atoms with E-state index in [0.717, 1.165) is 19.5 Å². The molecule has 0 bridgehead atoms. The molecular formula is C12H20N2. The summed E-state index contributed by atoms with van der Waals surface area (Å²) in [5, 5.41) is 0. The molecule has 0 aliphatic carbocycles. The molecule has 1 rings (SSSR count). The van der Waals surface area contributed by atoms with Crippen molar-refractivity contribution in [3.63, 3.8) is 0 Å². The molecule has 1 aromatic carbocycles. The maximum Gasteiger partial charge on any atom is 0.0393 e. The van der Waals surface area contributed by atoms with Gasteiger partial charge in [0.25, 0.3) is 0 Å². The van der Waals surface area contributed by atoms with Crippen LogP contribution >= 0.6 is 0 Å². The summed E-state index contributed by atoms with van der Waals surface area (Å²) < 4.78 is 0. The van der Waals surface area contributed by atoms with Gasteiger partial charge in [-0.2, -0.15) is 0 Å². The Morgan fingerprint density at radius 1 is 1.21 bits per heavy atom. The number of aryl methyl sites for hydroxylation is 1. The smallest absolute Gasteiger partial charge is 0.0393 e. The number of unbranched alkanes of at least 4 members (excludes halogenated alkanes) is 1. The van der Waals surface area contributed by atoms with E-state index in [1.54, 1.807) is 0 Å². The number of rotatable bonds is 5. The molecule has 0 radical (unpaired) electrons. The van der Waals surface area contributed by atoms with E-state index < -0.39 is 0 Å². The summed E-state index contributed by atoms with van der Waals surface area (Å²) in [5.41, 5.74) is 8.12. The molecule has 0 aliphatic rings. The zero-order valence-corrected chi connectivity index (χ0v) is 9.16. The SMILES string of the molecule is Cc1ccccc1N(C)CCCCN. The minimum absolute atomic E-state index is 0.793. The number of benzene rings is 1. The molecule has 0 saturated heterocycles. The quantitative estimate of drug-likeness (QED) is 0.724. The van der Waals surface area contributed by atoms with Gasteiger partial charge in [0.15, 0.2) is 0 Å². The fraction of sp³-hybridized carbons (Fsp3) is 0.500. The standard InChI is InChI=1S/C12H20N2/c1-11-7-3-4-8-12(11)14(2)10-6-5-9-13/h3-4,7-8H,5-6,9-10,13H2,1-2H3. The monoisotopic (exact) mass is 192 g/mol. The molecule has 0 atom stereocenters. The molecule has 0 saturated carbocycles. The molecule has 1 aromatic rings. The highest BCUT2D eigenvalue weighted by Gasteiger charge is 2.02. The lowest BCUT2D eigenvalue weighted by Crippen LogP contribution is -2.20. The van der Waals surface area contributed by atoms with Gasteiger partial charge in [0.05, 0.1) is 0 Å². The van der Waals surface area contributed by atoms with Crippen molar-refractivity contribution in [1.82, 2.24) is 0 Å². The highest BCUT2D eigenvalue weighted by Crippen LogP contribution is 2.17. The maximum atomic E-state index is 5.46. The molecule has 2 N–H and O–H groups in total. The van der Waals surface area contributed by atoms with Crippen molar-refractivity contribution >= 4 is 5.69 Å². The van der Waals surface area contributed by atoms with Crippen LogP contribution in [-0.2, 0) is 0 Å². The Balaban J connectivity index is 2.51. The Labute approximate surface area is 86.7 Å². The van der Waals surface area contributed by atoms with E-state index in [-0.39, 0.29) is 0 Å². The van der Waals surface area contributed by atoms with Gasteiger partial charge in [0.2, 0.25) is 0 Å². The van der Waals surface area contributed by atoms with Crippen molar-refractivity contribution in [2.24, 2.45) is 5.73 Å². The third-order valence-corrected chi connectivity index (χ3v) is 2.47. The molecule has 0 aromatic heterocycles. The fourth-order valence-corrected chi connectivity index (χ4v) is 1.61. The first-order chi connectivity index (χ1) is 6.75. The van der Waals surface area contributed by atoms with Gasteiger partial charge in [-0.05, 0) is 37.9 Å². The molecule has 2 heteroatoms. The first-order valence-corrected chi connectivity index (χ1v) is 5.22. The van der Waals surface area contributed by atoms with Crippen molar-refractivity contribution in [3.8, 4) is 0 Å². The Kier molecular flexibility index (Phi) is 4.47. The van der Waals surface area contributed by atoms with Crippen LogP contribution in [0.15, 0.2) is 24.3 Å². The summed E-state index contributed by atoms with van der Waals surface area (Å²) in [6.45, 7) is 4.03. The van der Waals surface area contributed by atoms with Crippen molar-refractivity contribution in [1.29, 1.82) is 0 Å². The topological polar surface area (TPSA) is 29.3 Å². The number of hydrogen-bond acceptors (Lipinski definition) is 2. The molecule has 0 heterocycles. The Bertz CT molecular complexity index is 271. The highest BCUT2D eigenvalue weighted by atomic mass is 15.1. The highest BCUT2D eigenvalue weighted by molar-refractivity contribution is 5.52. The Morgan fingerprint density at radius 2 is 1.93 bits per heavy atom. The van der Waals surface area contributed by atoms with Crippen LogP contribution in [0.3, 0.4) is 0 Å². The number of nitrogens with zero attached hydrogens (tertiary/aromatic N) is 1. The summed E-state index contributed by atoms with van der Waals surface area (Å²) in [6, 6.07) is 8.47. The molecule has 0 amide bonds. The molecule has 2 nitrogen and oxygen atoms in total. The van der Waals surface area contributed by atoms with Gasteiger partial charge in [-0.25, -0.2) is 0 Å². The van der Waals surface area contributed by atoms with E-state index >= 15 is 0 Å². The predicted octanol–water partition coefficient (Wildman–Crippen LogP) is 2.17. The summed E-state index contributed by atoms with van der Waals surface area (Å²) in [5.74, 6) is 0. The van der Waals surface area contributed by atoms with E-state index in [4.69, 9.17) is 5.73 Å². The second-order valence-corrected chi connectivity index (χ2v) is 3.70. The van der Waals surface area contributed by atoms with Crippen LogP contribution in [0.2, 0.25) is 0 Å². The Morgan fingerprint density at radius 3 is 2.57 bits per heavy atom. The lowest BCUT2D eigenvalue weighted by atomic mass is 10.2. The fourth-order valence-electron chi connectivity index (χ4n) is 1.61. The molecule has 0 fully saturated rings. The van der Waals surface area contributed by atoms with Crippen molar-refractivity contribution < 1.29 is 0 Å². The van der Waals surface area contributed by atoms with Gasteiger partial charge in [-0.15, -0.1) is 0 Å². The van der Waals surface area contributed by atoms with Crippen LogP contribution < -0.4 is 10.6 Å². The molecular weight excluding hydrogens is 172 g/mol. The largest absolute Gasteiger partial charge is 0.374 e. The maximum absolute atomic E-state index is 5.46. The van der Waals surface area contributed by atoms with Crippen molar-refractivity contribution in [2.75, 3.05) is 25.0 Å². The van der Waals surface area contributed by atoms with Gasteiger partial charge in [0, 0.05) is 19.3 Å². The van der Waals surface area contributed by atoms with E-state index in [1.807, 2.05) is 0 Å². The van der Waals surface area contributed by atoms with E-state index in [9.17, 15) is 0 Å². The number of hydrogen-bond donors (Lipinski definition) is 1. The van der Waals surface area contributed by atoms with Gasteiger partial charge >= 0.3 is 0 Å². The number of nitrogens with two attached hydrogens (primary N) is 1. The minimum atomic E-state index is 0.793. The second kappa shape index (κ2) is 5.66. The predicted molar refractivity (Wildman–Crippen MR) is 62.7 cm³/mol. The third-order valence-electron chi connectivity index (χ3n) is 2.47. The summed E-state index contributed by atoms with van der Waals surface area (Å²) >= 11 is 0. The first-order valence-electron chi connectivity index (χ1n) is 5.22. The van der Waals surface area contributed by atoms with Crippen LogP contribution in [0.1, 0.15) is 18.4 Å². The second-order valence-electron chi connectivity index (χ2n) is 3.70. The first kappa shape index (κ1) is 11.1. The van der Waals surface area contributed by atoms with Crippen molar-refractivity contribution in [2.45, 2.75) is 19.8 Å². The molecule has 78 valence electrons. The van der Waals surface area contributed by atoms with Crippen LogP contribution in [0.25, 0.3) is 0 Å². The van der Waals surface area contributed by atoms with E-state index in [2.05, 4.69) is 43.1 Å². The lowest BCUT2D eigenvalue weighted by Gasteiger charge is -2.21.